The SMILES string of the molecule is C[C@H](Cc1cn(C(=O)O)cn1)NC(=O)[C@H](CC(=O)c1cc2ccccc2o1)Cc1ccccc1. The summed E-state index contributed by atoms with van der Waals surface area (Å²) in [5, 5.41) is 12.8. The van der Waals surface area contributed by atoms with Crippen LogP contribution in [-0.2, 0) is 17.6 Å². The zero-order chi connectivity index (χ0) is 24.1. The Morgan fingerprint density at radius 3 is 2.50 bits per heavy atom. The number of Topliss-reactive ketones (excluding diaryl/α,β-unsaturated/α-hetero) is 1. The molecule has 0 spiro atoms. The molecule has 174 valence electrons. The molecule has 34 heavy (non-hydrogen) atoms. The number of carbonyl (C=O) groups excluding carboxylic acids is 2. The molecular weight excluding hydrogens is 434 g/mol. The Morgan fingerprint density at radius 2 is 1.79 bits per heavy atom. The average Bonchev–Trinajstić information content (AvgIpc) is 3.46. The molecule has 0 aliphatic carbocycles. The first-order valence-corrected chi connectivity index (χ1v) is 11.0. The van der Waals surface area contributed by atoms with E-state index in [2.05, 4.69) is 10.3 Å². The van der Waals surface area contributed by atoms with E-state index in [1.807, 2.05) is 55.5 Å². The van der Waals surface area contributed by atoms with Crippen LogP contribution in [0, 0.1) is 5.92 Å². The summed E-state index contributed by atoms with van der Waals surface area (Å²) in [7, 11) is 0. The van der Waals surface area contributed by atoms with Gasteiger partial charge in [-0.2, -0.15) is 0 Å². The van der Waals surface area contributed by atoms with E-state index in [0.29, 0.717) is 24.1 Å². The van der Waals surface area contributed by atoms with Gasteiger partial charge in [0.15, 0.2) is 11.5 Å². The number of rotatable bonds is 9. The lowest BCUT2D eigenvalue weighted by Gasteiger charge is -2.19. The fourth-order valence-electron chi connectivity index (χ4n) is 3.90. The molecule has 2 aromatic carbocycles. The van der Waals surface area contributed by atoms with E-state index < -0.39 is 12.0 Å². The molecule has 1 amide bonds. The van der Waals surface area contributed by atoms with Gasteiger partial charge in [0.25, 0.3) is 0 Å². The van der Waals surface area contributed by atoms with E-state index in [0.717, 1.165) is 15.5 Å². The molecule has 2 aromatic heterocycles. The lowest BCUT2D eigenvalue weighted by molar-refractivity contribution is -0.125. The second-order valence-corrected chi connectivity index (χ2v) is 8.33. The molecule has 0 radical (unpaired) electrons. The van der Waals surface area contributed by atoms with E-state index in [4.69, 9.17) is 9.52 Å². The van der Waals surface area contributed by atoms with Crippen LogP contribution in [0.4, 0.5) is 4.79 Å². The van der Waals surface area contributed by atoms with Crippen molar-refractivity contribution in [3.05, 3.63) is 90.2 Å². The maximum absolute atomic E-state index is 13.2. The lowest BCUT2D eigenvalue weighted by atomic mass is 9.92. The summed E-state index contributed by atoms with van der Waals surface area (Å²) >= 11 is 0. The Kier molecular flexibility index (Phi) is 6.87. The summed E-state index contributed by atoms with van der Waals surface area (Å²) in [5.41, 5.74) is 2.13. The van der Waals surface area contributed by atoms with Crippen LogP contribution in [0.5, 0.6) is 0 Å². The second-order valence-electron chi connectivity index (χ2n) is 8.33. The zero-order valence-electron chi connectivity index (χ0n) is 18.7. The Labute approximate surface area is 196 Å². The molecule has 8 heteroatoms. The number of amides is 1. The van der Waals surface area contributed by atoms with Crippen LogP contribution in [0.2, 0.25) is 0 Å². The monoisotopic (exact) mass is 459 g/mol. The summed E-state index contributed by atoms with van der Waals surface area (Å²) in [6.07, 6.45) is 2.28. The summed E-state index contributed by atoms with van der Waals surface area (Å²) in [4.78, 5) is 41.3. The van der Waals surface area contributed by atoms with Crippen molar-refractivity contribution in [1.29, 1.82) is 0 Å². The summed E-state index contributed by atoms with van der Waals surface area (Å²) in [5.74, 6) is -0.847. The van der Waals surface area contributed by atoms with E-state index in [9.17, 15) is 14.4 Å². The molecule has 0 unspecified atom stereocenters. The van der Waals surface area contributed by atoms with Gasteiger partial charge in [0, 0.05) is 36.4 Å². The van der Waals surface area contributed by atoms with Crippen molar-refractivity contribution < 1.29 is 23.9 Å². The van der Waals surface area contributed by atoms with Crippen LogP contribution in [-0.4, -0.2) is 38.5 Å². The average molecular weight is 460 g/mol. The predicted octanol–water partition coefficient (Wildman–Crippen LogP) is 4.33. The second kappa shape index (κ2) is 10.2. The highest BCUT2D eigenvalue weighted by Gasteiger charge is 2.26. The highest BCUT2D eigenvalue weighted by Crippen LogP contribution is 2.23. The number of fused-ring (bicyclic) bond motifs is 1. The molecule has 2 N–H and O–H groups in total. The topological polar surface area (TPSA) is 114 Å². The van der Waals surface area contributed by atoms with Gasteiger partial charge in [-0.25, -0.2) is 14.3 Å². The van der Waals surface area contributed by atoms with Gasteiger partial charge in [-0.1, -0.05) is 48.5 Å². The molecule has 4 aromatic rings. The molecule has 0 bridgehead atoms. The maximum Gasteiger partial charge on any atom is 0.416 e. The smallest absolute Gasteiger partial charge is 0.416 e. The van der Waals surface area contributed by atoms with Crippen molar-refractivity contribution in [2.24, 2.45) is 5.92 Å². The first-order chi connectivity index (χ1) is 16.4. The van der Waals surface area contributed by atoms with Gasteiger partial charge < -0.3 is 14.8 Å². The standard InChI is InChI=1S/C26H25N3O5/c1-17(11-21-15-29(16-27-21)26(32)33)28-25(31)20(12-18-7-3-2-4-8-18)13-22(30)24-14-19-9-5-6-10-23(19)34-24/h2-10,14-17,20H,11-13H2,1H3,(H,28,31)(H,32,33)/t17-,20+/m1/s1. The summed E-state index contributed by atoms with van der Waals surface area (Å²) in [6, 6.07) is 18.3. The fourth-order valence-corrected chi connectivity index (χ4v) is 3.90. The van der Waals surface area contributed by atoms with Crippen LogP contribution in [0.15, 0.2) is 77.6 Å². The fraction of sp³-hybridized carbons (Fsp3) is 0.231. The van der Waals surface area contributed by atoms with Crippen LogP contribution < -0.4 is 5.32 Å². The number of aromatic nitrogens is 2. The van der Waals surface area contributed by atoms with Crippen molar-refractivity contribution in [3.8, 4) is 0 Å². The van der Waals surface area contributed by atoms with Gasteiger partial charge in [0.1, 0.15) is 11.9 Å². The number of para-hydroxylation sites is 1. The Morgan fingerprint density at radius 1 is 1.06 bits per heavy atom. The van der Waals surface area contributed by atoms with Gasteiger partial charge in [-0.05, 0) is 31.0 Å². The maximum atomic E-state index is 13.2. The zero-order valence-corrected chi connectivity index (χ0v) is 18.7. The normalized spacial score (nSPS) is 12.9. The highest BCUT2D eigenvalue weighted by atomic mass is 16.4. The number of nitrogens with one attached hydrogen (secondary N) is 1. The first-order valence-electron chi connectivity index (χ1n) is 11.0. The van der Waals surface area contributed by atoms with E-state index in [1.54, 1.807) is 12.1 Å². The molecular formula is C26H25N3O5. The number of furan rings is 1. The number of imidazole rings is 1. The van der Waals surface area contributed by atoms with E-state index in [1.165, 1.54) is 12.5 Å². The third-order valence-corrected chi connectivity index (χ3v) is 5.59. The number of carbonyl (C=O) groups is 3. The van der Waals surface area contributed by atoms with Crippen molar-refractivity contribution in [3.63, 3.8) is 0 Å². The number of hydrogen-bond donors (Lipinski definition) is 2. The molecule has 0 saturated carbocycles. The molecule has 4 rings (SSSR count). The van der Waals surface area contributed by atoms with E-state index >= 15 is 0 Å². The number of hydrogen-bond acceptors (Lipinski definition) is 5. The van der Waals surface area contributed by atoms with Crippen molar-refractivity contribution in [2.45, 2.75) is 32.2 Å². The predicted molar refractivity (Wildman–Crippen MR) is 126 cm³/mol. The number of ketones is 1. The van der Waals surface area contributed by atoms with Crippen molar-refractivity contribution in [1.82, 2.24) is 14.9 Å². The quantitative estimate of drug-likeness (QED) is 0.360. The molecule has 2 atom stereocenters. The number of nitrogens with zero attached hydrogens (tertiary/aromatic N) is 2. The van der Waals surface area contributed by atoms with Crippen LogP contribution in [0.1, 0.15) is 35.2 Å². The Hall–Kier alpha value is -4.20. The highest BCUT2D eigenvalue weighted by molar-refractivity contribution is 5.99. The van der Waals surface area contributed by atoms with Gasteiger partial charge in [-0.15, -0.1) is 0 Å². The molecule has 0 fully saturated rings. The number of benzene rings is 2. The third kappa shape index (κ3) is 5.58. The number of carboxylic acid groups (broad SMARTS) is 1. The van der Waals surface area contributed by atoms with Crippen LogP contribution in [0.25, 0.3) is 11.0 Å². The Balaban J connectivity index is 1.47. The van der Waals surface area contributed by atoms with Crippen molar-refractivity contribution in [2.75, 3.05) is 0 Å². The molecule has 0 aliphatic rings. The molecule has 2 heterocycles. The summed E-state index contributed by atoms with van der Waals surface area (Å²) < 4.78 is 6.67. The third-order valence-electron chi connectivity index (χ3n) is 5.59. The van der Waals surface area contributed by atoms with Gasteiger partial charge in [-0.3, -0.25) is 9.59 Å². The lowest BCUT2D eigenvalue weighted by Crippen LogP contribution is -2.40. The first kappa shape index (κ1) is 23.0. The molecule has 8 nitrogen and oxygen atoms in total. The molecule has 0 aliphatic heterocycles. The van der Waals surface area contributed by atoms with E-state index in [-0.39, 0.29) is 29.9 Å². The van der Waals surface area contributed by atoms with Gasteiger partial charge >= 0.3 is 6.09 Å². The van der Waals surface area contributed by atoms with Gasteiger partial charge in [0.05, 0.1) is 5.69 Å². The minimum absolute atomic E-state index is 0.000903. The van der Waals surface area contributed by atoms with Gasteiger partial charge in [0.2, 0.25) is 5.91 Å². The van der Waals surface area contributed by atoms with Crippen molar-refractivity contribution >= 4 is 28.8 Å². The minimum atomic E-state index is -1.12. The van der Waals surface area contributed by atoms with Crippen LogP contribution >= 0.6 is 0 Å². The minimum Gasteiger partial charge on any atom is -0.464 e. The van der Waals surface area contributed by atoms with Crippen LogP contribution in [0.3, 0.4) is 0 Å². The summed E-state index contributed by atoms with van der Waals surface area (Å²) in [6.45, 7) is 1.82. The molecule has 0 saturated heterocycles. The largest absolute Gasteiger partial charge is 0.464 e. The Bertz CT molecular complexity index is 1280.